The summed E-state index contributed by atoms with van der Waals surface area (Å²) in [5, 5.41) is 4.82. The molecule has 0 saturated carbocycles. The van der Waals surface area contributed by atoms with Crippen molar-refractivity contribution in [2.24, 2.45) is 5.10 Å². The lowest BCUT2D eigenvalue weighted by molar-refractivity contribution is 0.0929. The Hall–Kier alpha value is -2.15. The van der Waals surface area contributed by atoms with Crippen LogP contribution in [0.15, 0.2) is 64.1 Å². The quantitative estimate of drug-likeness (QED) is 0.420. The van der Waals surface area contributed by atoms with Crippen molar-refractivity contribution in [3.05, 3.63) is 69.5 Å². The molecule has 0 aliphatic rings. The van der Waals surface area contributed by atoms with E-state index in [1.165, 1.54) is 0 Å². The number of nitrogens with zero attached hydrogens (tertiary/aromatic N) is 1. The Morgan fingerprint density at radius 3 is 2.67 bits per heavy atom. The fourth-order valence-corrected chi connectivity index (χ4v) is 2.22. The third-order valence-electron chi connectivity index (χ3n) is 2.90. The van der Waals surface area contributed by atoms with Crippen LogP contribution in [0, 0.1) is 3.57 Å². The number of furan rings is 1. The number of carbonyl (C=O) groups excluding carboxylic acids is 1. The van der Waals surface area contributed by atoms with Gasteiger partial charge in [0.1, 0.15) is 5.58 Å². The maximum Gasteiger partial charge on any atom is 0.307 e. The van der Waals surface area contributed by atoms with Gasteiger partial charge in [0.05, 0.1) is 6.21 Å². The summed E-state index contributed by atoms with van der Waals surface area (Å²) in [5.41, 5.74) is 4.06. The molecule has 1 aromatic heterocycles. The molecule has 1 amide bonds. The van der Waals surface area contributed by atoms with E-state index in [-0.39, 0.29) is 11.7 Å². The molecule has 2 aromatic carbocycles. The van der Waals surface area contributed by atoms with Crippen molar-refractivity contribution < 1.29 is 9.21 Å². The molecule has 104 valence electrons. The number of hydrazone groups is 1. The Kier molecular flexibility index (Phi) is 4.01. The van der Waals surface area contributed by atoms with E-state index in [1.54, 1.807) is 12.3 Å². The van der Waals surface area contributed by atoms with Crippen molar-refractivity contribution in [3.8, 4) is 0 Å². The Labute approximate surface area is 135 Å². The lowest BCUT2D eigenvalue weighted by Crippen LogP contribution is -2.16. The van der Waals surface area contributed by atoms with Gasteiger partial charge in [-0.2, -0.15) is 5.10 Å². The van der Waals surface area contributed by atoms with Crippen LogP contribution in [-0.2, 0) is 0 Å². The van der Waals surface area contributed by atoms with Gasteiger partial charge in [-0.15, -0.1) is 0 Å². The minimum absolute atomic E-state index is 0.246. The fraction of sp³-hybridized carbons (Fsp3) is 0. The largest absolute Gasteiger partial charge is 0.451 e. The Morgan fingerprint density at radius 1 is 1.14 bits per heavy atom. The van der Waals surface area contributed by atoms with Gasteiger partial charge in [-0.3, -0.25) is 4.79 Å². The first-order chi connectivity index (χ1) is 10.2. The first kappa shape index (κ1) is 13.8. The Morgan fingerprint density at radius 2 is 1.90 bits per heavy atom. The summed E-state index contributed by atoms with van der Waals surface area (Å²) >= 11 is 2.23. The molecule has 0 spiro atoms. The zero-order valence-corrected chi connectivity index (χ0v) is 13.1. The van der Waals surface area contributed by atoms with E-state index in [1.807, 2.05) is 48.5 Å². The van der Waals surface area contributed by atoms with Crippen molar-refractivity contribution in [1.82, 2.24) is 5.43 Å². The first-order valence-corrected chi connectivity index (χ1v) is 7.38. The van der Waals surface area contributed by atoms with Crippen molar-refractivity contribution in [2.75, 3.05) is 0 Å². The average Bonchev–Trinajstić information content (AvgIpc) is 2.93. The molecular formula is C16H11IN2O2. The van der Waals surface area contributed by atoms with E-state index in [0.717, 1.165) is 14.5 Å². The molecule has 0 aliphatic heterocycles. The molecule has 0 aliphatic carbocycles. The van der Waals surface area contributed by atoms with Gasteiger partial charge in [0, 0.05) is 8.96 Å². The van der Waals surface area contributed by atoms with Crippen LogP contribution in [0.4, 0.5) is 0 Å². The predicted octanol–water partition coefficient (Wildman–Crippen LogP) is 3.80. The summed E-state index contributed by atoms with van der Waals surface area (Å²) in [6.45, 7) is 0. The standard InChI is InChI=1S/C16H11IN2O2/c17-13-7-5-11(6-8-13)10-18-19-16(20)15-9-12-3-1-2-4-14(12)21-15/h1-10H,(H,19,20)/b18-10+. The van der Waals surface area contributed by atoms with Gasteiger partial charge in [0.2, 0.25) is 0 Å². The monoisotopic (exact) mass is 390 g/mol. The van der Waals surface area contributed by atoms with Gasteiger partial charge in [0.15, 0.2) is 5.76 Å². The molecule has 21 heavy (non-hydrogen) atoms. The van der Waals surface area contributed by atoms with E-state index < -0.39 is 0 Å². The highest BCUT2D eigenvalue weighted by atomic mass is 127. The maximum atomic E-state index is 11.9. The lowest BCUT2D eigenvalue weighted by atomic mass is 10.2. The van der Waals surface area contributed by atoms with E-state index in [4.69, 9.17) is 4.42 Å². The van der Waals surface area contributed by atoms with Crippen molar-refractivity contribution in [1.29, 1.82) is 0 Å². The summed E-state index contributed by atoms with van der Waals surface area (Å²) in [7, 11) is 0. The van der Waals surface area contributed by atoms with Crippen LogP contribution in [0.1, 0.15) is 16.1 Å². The minimum Gasteiger partial charge on any atom is -0.451 e. The number of hydrogen-bond acceptors (Lipinski definition) is 3. The highest BCUT2D eigenvalue weighted by Gasteiger charge is 2.10. The van der Waals surface area contributed by atoms with E-state index >= 15 is 0 Å². The lowest BCUT2D eigenvalue weighted by Gasteiger charge is -1.96. The van der Waals surface area contributed by atoms with E-state index in [9.17, 15) is 4.79 Å². The van der Waals surface area contributed by atoms with Crippen LogP contribution in [0.5, 0.6) is 0 Å². The molecule has 0 fully saturated rings. The van der Waals surface area contributed by atoms with Gasteiger partial charge >= 0.3 is 5.91 Å². The number of hydrogen-bond donors (Lipinski definition) is 1. The molecular weight excluding hydrogens is 379 g/mol. The number of nitrogens with one attached hydrogen (secondary N) is 1. The molecule has 0 atom stereocenters. The number of rotatable bonds is 3. The topological polar surface area (TPSA) is 54.6 Å². The SMILES string of the molecule is O=C(N/N=C/c1ccc(I)cc1)c1cc2ccccc2o1. The Bertz CT molecular complexity index is 774. The third kappa shape index (κ3) is 3.30. The van der Waals surface area contributed by atoms with Gasteiger partial charge in [-0.25, -0.2) is 5.43 Å². The number of carbonyl (C=O) groups is 1. The van der Waals surface area contributed by atoms with Crippen molar-refractivity contribution >= 4 is 45.7 Å². The number of para-hydroxylation sites is 1. The molecule has 4 nitrogen and oxygen atoms in total. The molecule has 5 heteroatoms. The van der Waals surface area contributed by atoms with E-state index in [0.29, 0.717) is 5.58 Å². The molecule has 0 unspecified atom stereocenters. The van der Waals surface area contributed by atoms with Gasteiger partial charge < -0.3 is 4.42 Å². The highest BCUT2D eigenvalue weighted by molar-refractivity contribution is 14.1. The van der Waals surface area contributed by atoms with Gasteiger partial charge in [0.25, 0.3) is 0 Å². The smallest absolute Gasteiger partial charge is 0.307 e. The van der Waals surface area contributed by atoms with Crippen molar-refractivity contribution in [3.63, 3.8) is 0 Å². The minimum atomic E-state index is -0.368. The van der Waals surface area contributed by atoms with Crippen LogP contribution in [0.25, 0.3) is 11.0 Å². The molecule has 1 N–H and O–H groups in total. The summed E-state index contributed by atoms with van der Waals surface area (Å²) in [4.78, 5) is 11.9. The van der Waals surface area contributed by atoms with E-state index in [2.05, 4.69) is 33.1 Å². The molecule has 1 heterocycles. The highest BCUT2D eigenvalue weighted by Crippen LogP contribution is 2.18. The summed E-state index contributed by atoms with van der Waals surface area (Å²) < 4.78 is 6.61. The fourth-order valence-electron chi connectivity index (χ4n) is 1.86. The molecule has 0 bridgehead atoms. The van der Waals surface area contributed by atoms with Gasteiger partial charge in [-0.05, 0) is 52.4 Å². The maximum absolute atomic E-state index is 11.9. The summed E-state index contributed by atoms with van der Waals surface area (Å²) in [6.07, 6.45) is 1.59. The number of fused-ring (bicyclic) bond motifs is 1. The van der Waals surface area contributed by atoms with Crippen LogP contribution in [-0.4, -0.2) is 12.1 Å². The normalized spacial score (nSPS) is 11.1. The zero-order valence-electron chi connectivity index (χ0n) is 10.9. The average molecular weight is 390 g/mol. The number of benzene rings is 2. The second kappa shape index (κ2) is 6.09. The third-order valence-corrected chi connectivity index (χ3v) is 3.62. The Balaban J connectivity index is 1.70. The number of amides is 1. The first-order valence-electron chi connectivity index (χ1n) is 6.30. The number of halogens is 1. The van der Waals surface area contributed by atoms with Crippen molar-refractivity contribution in [2.45, 2.75) is 0 Å². The molecule has 0 radical (unpaired) electrons. The second-order valence-electron chi connectivity index (χ2n) is 4.40. The second-order valence-corrected chi connectivity index (χ2v) is 5.64. The summed E-state index contributed by atoms with van der Waals surface area (Å²) in [6, 6.07) is 17.0. The predicted molar refractivity (Wildman–Crippen MR) is 90.4 cm³/mol. The van der Waals surface area contributed by atoms with Crippen LogP contribution in [0.2, 0.25) is 0 Å². The van der Waals surface area contributed by atoms with Crippen LogP contribution >= 0.6 is 22.6 Å². The molecule has 3 aromatic rings. The zero-order chi connectivity index (χ0) is 14.7. The molecule has 0 saturated heterocycles. The summed E-state index contributed by atoms with van der Waals surface area (Å²) in [5.74, 6) is -0.121. The van der Waals surface area contributed by atoms with Crippen LogP contribution < -0.4 is 5.43 Å². The van der Waals surface area contributed by atoms with Crippen LogP contribution in [0.3, 0.4) is 0 Å². The van der Waals surface area contributed by atoms with Gasteiger partial charge in [-0.1, -0.05) is 30.3 Å². The molecule has 3 rings (SSSR count).